The van der Waals surface area contributed by atoms with Gasteiger partial charge in [0.15, 0.2) is 0 Å². The van der Waals surface area contributed by atoms with E-state index in [0.29, 0.717) is 18.7 Å². The molecule has 1 aliphatic rings. The molecule has 1 aromatic carbocycles. The summed E-state index contributed by atoms with van der Waals surface area (Å²) in [6, 6.07) is 10.9. The fourth-order valence-electron chi connectivity index (χ4n) is 4.00. The van der Waals surface area contributed by atoms with Gasteiger partial charge in [-0.25, -0.2) is 4.39 Å². The number of morpholine rings is 1. The molecule has 1 aliphatic heterocycles. The largest absolute Gasteiger partial charge is 0.385 e. The highest BCUT2D eigenvalue weighted by Gasteiger charge is 2.21. The lowest BCUT2D eigenvalue weighted by Crippen LogP contribution is -3.21. The van der Waals surface area contributed by atoms with Crippen LogP contribution in [0, 0.1) is 18.2 Å². The number of benzene rings is 1. The number of aliphatic hydroxyl groups excluding tert-OH is 1. The molecule has 0 bridgehead atoms. The van der Waals surface area contributed by atoms with Crippen molar-refractivity contribution in [1.29, 1.82) is 0 Å². The number of nitrogens with zero attached hydrogens (tertiary/aromatic N) is 1. The van der Waals surface area contributed by atoms with E-state index in [1.165, 1.54) is 15.9 Å². The van der Waals surface area contributed by atoms with Gasteiger partial charge < -0.3 is 28.9 Å². The van der Waals surface area contributed by atoms with Crippen LogP contribution in [0.25, 0.3) is 0 Å². The number of rotatable bonds is 12. The number of hydrogen-bond donors (Lipinski definition) is 3. The molecule has 1 unspecified atom stereocenters. The Balaban J connectivity index is 1.63. The molecule has 1 saturated heterocycles. The number of ether oxygens (including phenoxy) is 2. The summed E-state index contributed by atoms with van der Waals surface area (Å²) in [5.41, 5.74) is 1.79. The normalized spacial score (nSPS) is 16.7. The number of aliphatic hydroxyl groups is 1. The van der Waals surface area contributed by atoms with Gasteiger partial charge in [-0.15, -0.1) is 6.42 Å². The zero-order valence-electron chi connectivity index (χ0n) is 18.1. The van der Waals surface area contributed by atoms with E-state index in [2.05, 4.69) is 16.6 Å². The number of aromatic nitrogens is 1. The van der Waals surface area contributed by atoms with E-state index in [9.17, 15) is 9.50 Å². The van der Waals surface area contributed by atoms with Gasteiger partial charge in [-0.1, -0.05) is 24.1 Å². The summed E-state index contributed by atoms with van der Waals surface area (Å²) < 4.78 is 27.0. The first-order valence-electron chi connectivity index (χ1n) is 11.0. The number of hydrogen-bond acceptors (Lipinski definition) is 3. The quantitative estimate of drug-likeness (QED) is 0.298. The van der Waals surface area contributed by atoms with E-state index in [1.807, 2.05) is 24.4 Å². The molecule has 2 heterocycles. The van der Waals surface area contributed by atoms with E-state index in [-0.39, 0.29) is 19.0 Å². The van der Waals surface area contributed by atoms with Gasteiger partial charge in [0.25, 0.3) is 0 Å². The van der Waals surface area contributed by atoms with Gasteiger partial charge in [0.05, 0.1) is 32.1 Å². The smallest absolute Gasteiger partial charge is 0.128 e. The molecule has 168 valence electrons. The zero-order chi connectivity index (χ0) is 21.9. The fourth-order valence-corrected chi connectivity index (χ4v) is 4.00. The molecule has 6 nitrogen and oxygen atoms in total. The Kier molecular flexibility index (Phi) is 9.53. The van der Waals surface area contributed by atoms with Crippen molar-refractivity contribution in [1.82, 2.24) is 4.57 Å². The summed E-state index contributed by atoms with van der Waals surface area (Å²) >= 11 is 0. The first-order valence-corrected chi connectivity index (χ1v) is 11.0. The minimum atomic E-state index is -0.585. The minimum absolute atomic E-state index is 0.191. The Bertz CT molecular complexity index is 829. The topological polar surface area (TPSA) is 52.5 Å². The first kappa shape index (κ1) is 23.5. The lowest BCUT2D eigenvalue weighted by Gasteiger charge is -2.27. The molecule has 2 aromatic rings. The average molecular weight is 432 g/mol. The maximum atomic E-state index is 14.1. The highest BCUT2D eigenvalue weighted by Crippen LogP contribution is 2.11. The SMILES string of the molecule is C#CCOC[C@H](O)C[NH+](CC[NH+]1CCOCC1)Cc1cccn1Cc1ccccc1F. The van der Waals surface area contributed by atoms with Crippen molar-refractivity contribution in [3.8, 4) is 12.3 Å². The Labute approximate surface area is 184 Å². The van der Waals surface area contributed by atoms with Crippen molar-refractivity contribution in [3.63, 3.8) is 0 Å². The average Bonchev–Trinajstić information content (AvgIpc) is 3.21. The molecular weight excluding hydrogens is 397 g/mol. The van der Waals surface area contributed by atoms with Gasteiger partial charge >= 0.3 is 0 Å². The van der Waals surface area contributed by atoms with Crippen LogP contribution in [0.15, 0.2) is 42.6 Å². The van der Waals surface area contributed by atoms with Gasteiger partial charge in [0, 0.05) is 11.8 Å². The predicted molar refractivity (Wildman–Crippen MR) is 116 cm³/mol. The molecule has 0 spiro atoms. The molecule has 1 fully saturated rings. The molecule has 2 atom stereocenters. The molecule has 3 rings (SSSR count). The fraction of sp³-hybridized carbons (Fsp3) is 0.500. The van der Waals surface area contributed by atoms with Gasteiger partial charge in [-0.3, -0.25) is 0 Å². The maximum absolute atomic E-state index is 14.1. The van der Waals surface area contributed by atoms with Crippen LogP contribution in [-0.2, 0) is 22.6 Å². The van der Waals surface area contributed by atoms with Gasteiger partial charge in [-0.05, 0) is 18.2 Å². The molecule has 0 aliphatic carbocycles. The second-order valence-electron chi connectivity index (χ2n) is 8.09. The lowest BCUT2D eigenvalue weighted by molar-refractivity contribution is -0.969. The van der Waals surface area contributed by atoms with Crippen molar-refractivity contribution in [2.24, 2.45) is 0 Å². The molecule has 3 N–H and O–H groups in total. The van der Waals surface area contributed by atoms with Crippen LogP contribution in [0.3, 0.4) is 0 Å². The zero-order valence-corrected chi connectivity index (χ0v) is 18.1. The third-order valence-electron chi connectivity index (χ3n) is 5.71. The van der Waals surface area contributed by atoms with Crippen LogP contribution in [-0.4, -0.2) is 74.9 Å². The van der Waals surface area contributed by atoms with Gasteiger partial charge in [-0.2, -0.15) is 0 Å². The number of nitrogens with one attached hydrogen (secondary N) is 2. The first-order chi connectivity index (χ1) is 15.2. The van der Waals surface area contributed by atoms with Gasteiger partial charge in [0.1, 0.15) is 57.8 Å². The second kappa shape index (κ2) is 12.6. The number of halogens is 1. The maximum Gasteiger partial charge on any atom is 0.128 e. The monoisotopic (exact) mass is 431 g/mol. The summed E-state index contributed by atoms with van der Waals surface area (Å²) in [4.78, 5) is 2.80. The van der Waals surface area contributed by atoms with Crippen LogP contribution in [0.5, 0.6) is 0 Å². The highest BCUT2D eigenvalue weighted by atomic mass is 19.1. The van der Waals surface area contributed by atoms with Crippen molar-refractivity contribution >= 4 is 0 Å². The molecule has 0 saturated carbocycles. The summed E-state index contributed by atoms with van der Waals surface area (Å²) in [5.74, 6) is 2.24. The summed E-state index contributed by atoms with van der Waals surface area (Å²) in [5, 5.41) is 10.5. The minimum Gasteiger partial charge on any atom is -0.385 e. The molecule has 1 aromatic heterocycles. The van der Waals surface area contributed by atoms with Crippen LogP contribution in [0.1, 0.15) is 11.3 Å². The number of terminal acetylenes is 1. The standard InChI is InChI=1S/C24H32FN3O3/c1-2-14-31-20-23(29)19-27(11-10-26-12-15-30-16-13-26)18-22-7-5-9-28(22)17-21-6-3-4-8-24(21)25/h1,3-9,23,29H,10-20H2/p+2/t23-/m1/s1. The van der Waals surface area contributed by atoms with Crippen molar-refractivity contribution in [2.75, 3.05) is 59.2 Å². The van der Waals surface area contributed by atoms with E-state index in [1.54, 1.807) is 6.07 Å². The van der Waals surface area contributed by atoms with Gasteiger partial charge in [0.2, 0.25) is 0 Å². The van der Waals surface area contributed by atoms with Crippen LogP contribution in [0.4, 0.5) is 4.39 Å². The molecule has 31 heavy (non-hydrogen) atoms. The van der Waals surface area contributed by atoms with Crippen LogP contribution < -0.4 is 9.80 Å². The van der Waals surface area contributed by atoms with E-state index < -0.39 is 6.10 Å². The van der Waals surface area contributed by atoms with Crippen LogP contribution >= 0.6 is 0 Å². The summed E-state index contributed by atoms with van der Waals surface area (Å²) in [6.45, 7) is 7.83. The third-order valence-corrected chi connectivity index (χ3v) is 5.71. The van der Waals surface area contributed by atoms with E-state index >= 15 is 0 Å². The van der Waals surface area contributed by atoms with Crippen LogP contribution in [0.2, 0.25) is 0 Å². The number of quaternary nitrogens is 2. The van der Waals surface area contributed by atoms with E-state index in [4.69, 9.17) is 15.9 Å². The highest BCUT2D eigenvalue weighted by molar-refractivity contribution is 5.19. The lowest BCUT2D eigenvalue weighted by atomic mass is 10.2. The van der Waals surface area contributed by atoms with Crippen molar-refractivity contribution in [2.45, 2.75) is 19.2 Å². The van der Waals surface area contributed by atoms with Crippen molar-refractivity contribution in [3.05, 3.63) is 59.7 Å². The third kappa shape index (κ3) is 7.76. The second-order valence-corrected chi connectivity index (χ2v) is 8.09. The Morgan fingerprint density at radius 2 is 2.06 bits per heavy atom. The Morgan fingerprint density at radius 3 is 2.84 bits per heavy atom. The molecule has 0 radical (unpaired) electrons. The Morgan fingerprint density at radius 1 is 1.26 bits per heavy atom. The molecule has 7 heteroatoms. The predicted octanol–water partition coefficient (Wildman–Crippen LogP) is -1.01. The van der Waals surface area contributed by atoms with Crippen molar-refractivity contribution < 1.29 is 28.8 Å². The summed E-state index contributed by atoms with van der Waals surface area (Å²) in [7, 11) is 0. The summed E-state index contributed by atoms with van der Waals surface area (Å²) in [6.07, 6.45) is 6.62. The Hall–Kier alpha value is -2.21. The molecule has 0 amide bonds. The molecular formula is C24H34FN3O3+2. The van der Waals surface area contributed by atoms with E-state index in [0.717, 1.165) is 51.6 Å².